The molecule has 0 radical (unpaired) electrons. The average Bonchev–Trinajstić information content (AvgIpc) is 2.77. The minimum Gasteiger partial charge on any atom is -0.453 e. The Hall–Kier alpha value is -2.35. The van der Waals surface area contributed by atoms with Gasteiger partial charge in [-0.05, 0) is 18.1 Å². The first-order valence-electron chi connectivity index (χ1n) is 6.68. The largest absolute Gasteiger partial charge is 0.453 e. The van der Waals surface area contributed by atoms with Gasteiger partial charge in [-0.2, -0.15) is 0 Å². The van der Waals surface area contributed by atoms with Crippen LogP contribution in [0.5, 0.6) is 0 Å². The van der Waals surface area contributed by atoms with Crippen LogP contribution in [0.1, 0.15) is 28.7 Å². The summed E-state index contributed by atoms with van der Waals surface area (Å²) in [5.41, 5.74) is 3.79. The number of esters is 1. The van der Waals surface area contributed by atoms with Gasteiger partial charge in [0.15, 0.2) is 0 Å². The van der Waals surface area contributed by atoms with Crippen molar-refractivity contribution in [1.29, 1.82) is 0 Å². The summed E-state index contributed by atoms with van der Waals surface area (Å²) in [5.74, 6) is -0.407. The molecule has 1 heterocycles. The van der Waals surface area contributed by atoms with Crippen molar-refractivity contribution in [3.8, 4) is 0 Å². The van der Waals surface area contributed by atoms with Crippen molar-refractivity contribution >= 4 is 5.97 Å². The van der Waals surface area contributed by atoms with Crippen molar-refractivity contribution in [1.82, 2.24) is 0 Å². The van der Waals surface area contributed by atoms with E-state index in [1.807, 2.05) is 61.5 Å². The molecule has 0 spiro atoms. The molecule has 20 heavy (non-hydrogen) atoms. The number of hydrogen-bond donors (Lipinski definition) is 0. The van der Waals surface area contributed by atoms with E-state index in [9.17, 15) is 4.79 Å². The van der Waals surface area contributed by atoms with Crippen LogP contribution in [0.25, 0.3) is 0 Å². The molecule has 0 saturated carbocycles. The van der Waals surface area contributed by atoms with Crippen molar-refractivity contribution in [2.24, 2.45) is 0 Å². The molecule has 0 unspecified atom stereocenters. The van der Waals surface area contributed by atoms with E-state index < -0.39 is 0 Å². The normalized spacial score (nSPS) is 21.9. The van der Waals surface area contributed by atoms with Gasteiger partial charge in [-0.25, -0.2) is 4.79 Å². The van der Waals surface area contributed by atoms with Crippen LogP contribution in [0, 0.1) is 6.92 Å². The van der Waals surface area contributed by atoms with Gasteiger partial charge in [-0.1, -0.05) is 66.7 Å². The number of aryl methyl sites for hydroxylation is 1. The van der Waals surface area contributed by atoms with Crippen LogP contribution in [-0.2, 0) is 9.53 Å². The van der Waals surface area contributed by atoms with Gasteiger partial charge in [0.1, 0.15) is 6.10 Å². The van der Waals surface area contributed by atoms with E-state index in [4.69, 9.17) is 4.74 Å². The first-order chi connectivity index (χ1) is 9.66. The Balaban J connectivity index is 2.02. The van der Waals surface area contributed by atoms with Gasteiger partial charge in [-0.15, -0.1) is 0 Å². The third-order valence-corrected chi connectivity index (χ3v) is 3.74. The number of carbonyl (C=O) groups is 1. The molecule has 0 N–H and O–H groups in total. The lowest BCUT2D eigenvalue weighted by atomic mass is 9.86. The smallest absolute Gasteiger partial charge is 0.334 e. The highest BCUT2D eigenvalue weighted by atomic mass is 16.6. The zero-order chi connectivity index (χ0) is 14.1. The van der Waals surface area contributed by atoms with E-state index in [1.54, 1.807) is 0 Å². The lowest BCUT2D eigenvalue weighted by molar-refractivity contribution is -0.139. The second-order valence-corrected chi connectivity index (χ2v) is 5.15. The van der Waals surface area contributed by atoms with Gasteiger partial charge < -0.3 is 4.74 Å². The second kappa shape index (κ2) is 4.97. The van der Waals surface area contributed by atoms with Crippen LogP contribution in [-0.4, -0.2) is 5.97 Å². The molecule has 1 fully saturated rings. The standard InChI is InChI=1S/C18H16O2/c1-12-8-10-15(11-9-12)17-16(13(2)18(19)20-17)14-6-4-3-5-7-14/h3-11,16-17H,2H2,1H3/t16-,17-/m1/s1. The Morgan fingerprint density at radius 3 is 2.25 bits per heavy atom. The van der Waals surface area contributed by atoms with E-state index in [1.165, 1.54) is 5.56 Å². The average molecular weight is 264 g/mol. The zero-order valence-electron chi connectivity index (χ0n) is 11.4. The summed E-state index contributed by atoms with van der Waals surface area (Å²) in [4.78, 5) is 11.9. The number of rotatable bonds is 2. The monoisotopic (exact) mass is 264 g/mol. The molecule has 0 bridgehead atoms. The molecular weight excluding hydrogens is 248 g/mol. The quantitative estimate of drug-likeness (QED) is 0.606. The van der Waals surface area contributed by atoms with Crippen molar-refractivity contribution in [2.45, 2.75) is 18.9 Å². The summed E-state index contributed by atoms with van der Waals surface area (Å²) in [5, 5.41) is 0. The Kier molecular flexibility index (Phi) is 3.15. The first-order valence-corrected chi connectivity index (χ1v) is 6.68. The highest BCUT2D eigenvalue weighted by Crippen LogP contribution is 2.44. The van der Waals surface area contributed by atoms with E-state index >= 15 is 0 Å². The Labute approximate surface area is 118 Å². The Bertz CT molecular complexity index is 641. The maximum Gasteiger partial charge on any atom is 0.334 e. The summed E-state index contributed by atoms with van der Waals surface area (Å²) in [6, 6.07) is 18.0. The van der Waals surface area contributed by atoms with E-state index in [-0.39, 0.29) is 18.0 Å². The van der Waals surface area contributed by atoms with E-state index in [2.05, 4.69) is 6.58 Å². The number of benzene rings is 2. The summed E-state index contributed by atoms with van der Waals surface area (Å²) >= 11 is 0. The Morgan fingerprint density at radius 2 is 1.60 bits per heavy atom. The van der Waals surface area contributed by atoms with Crippen LogP contribution in [0.2, 0.25) is 0 Å². The second-order valence-electron chi connectivity index (χ2n) is 5.15. The number of cyclic esters (lactones) is 1. The van der Waals surface area contributed by atoms with Gasteiger partial charge in [0.25, 0.3) is 0 Å². The SMILES string of the molecule is C=C1C(=O)O[C@H](c2ccc(C)cc2)[C@H]1c1ccccc1. The van der Waals surface area contributed by atoms with Crippen LogP contribution >= 0.6 is 0 Å². The highest BCUT2D eigenvalue weighted by molar-refractivity contribution is 5.92. The van der Waals surface area contributed by atoms with Crippen LogP contribution in [0.3, 0.4) is 0 Å². The molecule has 2 nitrogen and oxygen atoms in total. The predicted molar refractivity (Wildman–Crippen MR) is 78.3 cm³/mol. The van der Waals surface area contributed by atoms with Crippen molar-refractivity contribution in [2.75, 3.05) is 0 Å². The number of hydrogen-bond acceptors (Lipinski definition) is 2. The predicted octanol–water partition coefficient (Wildman–Crippen LogP) is 3.93. The molecule has 2 atom stereocenters. The topological polar surface area (TPSA) is 26.3 Å². The molecule has 3 rings (SSSR count). The van der Waals surface area contributed by atoms with E-state index in [0.29, 0.717) is 5.57 Å². The third-order valence-electron chi connectivity index (χ3n) is 3.74. The van der Waals surface area contributed by atoms with Gasteiger partial charge in [0.2, 0.25) is 0 Å². The summed E-state index contributed by atoms with van der Waals surface area (Å²) in [6.07, 6.45) is -0.280. The minimum atomic E-state index is -0.301. The molecule has 2 aromatic rings. The van der Waals surface area contributed by atoms with Crippen LogP contribution < -0.4 is 0 Å². The fraction of sp³-hybridized carbons (Fsp3) is 0.167. The summed E-state index contributed by atoms with van der Waals surface area (Å²) in [7, 11) is 0. The lowest BCUT2D eigenvalue weighted by Crippen LogP contribution is -2.07. The Morgan fingerprint density at radius 1 is 0.950 bits per heavy atom. The van der Waals surface area contributed by atoms with Crippen LogP contribution in [0.4, 0.5) is 0 Å². The van der Waals surface area contributed by atoms with Crippen LogP contribution in [0.15, 0.2) is 66.7 Å². The zero-order valence-corrected chi connectivity index (χ0v) is 11.4. The lowest BCUT2D eigenvalue weighted by Gasteiger charge is -2.18. The van der Waals surface area contributed by atoms with Gasteiger partial charge >= 0.3 is 5.97 Å². The van der Waals surface area contributed by atoms with Gasteiger partial charge in [-0.3, -0.25) is 0 Å². The number of carbonyl (C=O) groups excluding carboxylic acids is 1. The maximum absolute atomic E-state index is 11.9. The number of ether oxygens (including phenoxy) is 1. The molecule has 1 aliphatic heterocycles. The van der Waals surface area contributed by atoms with Gasteiger partial charge in [0.05, 0.1) is 5.92 Å². The molecule has 100 valence electrons. The molecule has 0 aliphatic carbocycles. The molecular formula is C18H16O2. The molecule has 0 amide bonds. The first kappa shape index (κ1) is 12.7. The summed E-state index contributed by atoms with van der Waals surface area (Å²) < 4.78 is 5.53. The molecule has 1 saturated heterocycles. The molecule has 2 aromatic carbocycles. The minimum absolute atomic E-state index is 0.105. The molecule has 0 aromatic heterocycles. The van der Waals surface area contributed by atoms with Crippen molar-refractivity contribution in [3.63, 3.8) is 0 Å². The van der Waals surface area contributed by atoms with Crippen molar-refractivity contribution in [3.05, 3.63) is 83.4 Å². The third kappa shape index (κ3) is 2.14. The van der Waals surface area contributed by atoms with E-state index in [0.717, 1.165) is 11.1 Å². The highest BCUT2D eigenvalue weighted by Gasteiger charge is 2.40. The molecule has 1 aliphatic rings. The van der Waals surface area contributed by atoms with Crippen molar-refractivity contribution < 1.29 is 9.53 Å². The molecule has 2 heteroatoms. The fourth-order valence-corrected chi connectivity index (χ4v) is 2.62. The summed E-state index contributed by atoms with van der Waals surface area (Å²) in [6.45, 7) is 5.95. The van der Waals surface area contributed by atoms with Gasteiger partial charge in [0, 0.05) is 5.57 Å². The fourth-order valence-electron chi connectivity index (χ4n) is 2.62. The maximum atomic E-state index is 11.9.